The van der Waals surface area contributed by atoms with Gasteiger partial charge in [0.2, 0.25) is 5.91 Å². The third-order valence-electron chi connectivity index (χ3n) is 2.48. The molecule has 0 aliphatic rings. The number of rotatable bonds is 5. The normalized spacial score (nSPS) is 9.65. The van der Waals surface area contributed by atoms with Crippen LogP contribution in [0.2, 0.25) is 0 Å². The maximum Gasteiger partial charge on any atom is 0.247 e. The second kappa shape index (κ2) is 6.33. The molecule has 0 saturated carbocycles. The second-order valence-corrected chi connectivity index (χ2v) is 3.84. The molecule has 0 saturated heterocycles. The molecule has 1 amide bonds. The van der Waals surface area contributed by atoms with Crippen molar-refractivity contribution >= 4 is 23.1 Å². The van der Waals surface area contributed by atoms with Crippen molar-refractivity contribution in [3.05, 3.63) is 49.4 Å². The minimum Gasteiger partial charge on any atom is -0.491 e. The van der Waals surface area contributed by atoms with Crippen LogP contribution in [0.15, 0.2) is 49.4 Å². The number of hydrogen-bond acceptors (Lipinski definition) is 5. The summed E-state index contributed by atoms with van der Waals surface area (Å²) in [4.78, 5) is 19.2. The number of hydrogen-bond donors (Lipinski definition) is 2. The van der Waals surface area contributed by atoms with Gasteiger partial charge in [-0.1, -0.05) is 12.6 Å². The van der Waals surface area contributed by atoms with E-state index in [9.17, 15) is 4.79 Å². The Kier molecular flexibility index (Phi) is 4.28. The molecule has 1 aromatic carbocycles. The van der Waals surface area contributed by atoms with Crippen LogP contribution in [0, 0.1) is 0 Å². The number of ether oxygens (including phenoxy) is 1. The Bertz CT molecular complexity index is 628. The molecule has 0 atom stereocenters. The second-order valence-electron chi connectivity index (χ2n) is 3.84. The minimum atomic E-state index is -0.262. The van der Waals surface area contributed by atoms with Crippen LogP contribution in [0.1, 0.15) is 0 Å². The molecule has 6 nitrogen and oxygen atoms in total. The van der Waals surface area contributed by atoms with E-state index in [4.69, 9.17) is 4.74 Å². The highest BCUT2D eigenvalue weighted by Crippen LogP contribution is 2.25. The quantitative estimate of drug-likeness (QED) is 0.816. The summed E-state index contributed by atoms with van der Waals surface area (Å²) in [5.74, 6) is 0.824. The fraction of sp³-hybridized carbons (Fsp3) is 0.0714. The smallest absolute Gasteiger partial charge is 0.247 e. The van der Waals surface area contributed by atoms with Crippen molar-refractivity contribution < 1.29 is 9.53 Å². The van der Waals surface area contributed by atoms with Gasteiger partial charge in [0.25, 0.3) is 0 Å². The van der Waals surface area contributed by atoms with Crippen molar-refractivity contribution in [2.45, 2.75) is 0 Å². The number of carbonyl (C=O) groups is 1. The van der Waals surface area contributed by atoms with Crippen LogP contribution in [-0.2, 0) is 4.79 Å². The van der Waals surface area contributed by atoms with Crippen molar-refractivity contribution in [3.8, 4) is 5.75 Å². The number of aromatic nitrogens is 2. The topological polar surface area (TPSA) is 76.1 Å². The molecule has 20 heavy (non-hydrogen) atoms. The molecule has 2 N–H and O–H groups in total. The Morgan fingerprint density at radius 2 is 2.20 bits per heavy atom. The summed E-state index contributed by atoms with van der Waals surface area (Å²) in [6, 6.07) is 7.23. The SMILES string of the molecule is C=CC(=O)Nc1cccc(Nc2ncncc2OC)c1. The van der Waals surface area contributed by atoms with Crippen LogP contribution in [0.4, 0.5) is 17.2 Å². The van der Waals surface area contributed by atoms with E-state index in [1.54, 1.807) is 25.4 Å². The van der Waals surface area contributed by atoms with E-state index in [2.05, 4.69) is 27.2 Å². The molecular weight excluding hydrogens is 256 g/mol. The highest BCUT2D eigenvalue weighted by molar-refractivity contribution is 5.99. The fourth-order valence-electron chi connectivity index (χ4n) is 1.56. The van der Waals surface area contributed by atoms with E-state index in [1.807, 2.05) is 12.1 Å². The summed E-state index contributed by atoms with van der Waals surface area (Å²) in [5, 5.41) is 5.79. The molecule has 102 valence electrons. The summed E-state index contributed by atoms with van der Waals surface area (Å²) in [5.41, 5.74) is 1.43. The number of benzene rings is 1. The van der Waals surface area contributed by atoms with Gasteiger partial charge in [-0.15, -0.1) is 0 Å². The van der Waals surface area contributed by atoms with Gasteiger partial charge in [-0.3, -0.25) is 4.79 Å². The molecule has 6 heteroatoms. The number of nitrogens with zero attached hydrogens (tertiary/aromatic N) is 2. The molecule has 2 aromatic rings. The van der Waals surface area contributed by atoms with E-state index in [0.717, 1.165) is 5.69 Å². The molecule has 0 aliphatic heterocycles. The molecule has 0 radical (unpaired) electrons. The lowest BCUT2D eigenvalue weighted by atomic mass is 10.2. The molecule has 0 spiro atoms. The van der Waals surface area contributed by atoms with Crippen LogP contribution < -0.4 is 15.4 Å². The van der Waals surface area contributed by atoms with E-state index < -0.39 is 0 Å². The molecule has 1 heterocycles. The van der Waals surface area contributed by atoms with Crippen molar-refractivity contribution in [1.29, 1.82) is 0 Å². The zero-order valence-corrected chi connectivity index (χ0v) is 11.0. The van der Waals surface area contributed by atoms with Crippen molar-refractivity contribution in [1.82, 2.24) is 9.97 Å². The van der Waals surface area contributed by atoms with Gasteiger partial charge in [0, 0.05) is 11.4 Å². The Labute approximate surface area is 116 Å². The van der Waals surface area contributed by atoms with Crippen molar-refractivity contribution in [2.75, 3.05) is 17.7 Å². The fourth-order valence-corrected chi connectivity index (χ4v) is 1.56. The summed E-state index contributed by atoms with van der Waals surface area (Å²) >= 11 is 0. The van der Waals surface area contributed by atoms with Crippen molar-refractivity contribution in [2.24, 2.45) is 0 Å². The van der Waals surface area contributed by atoms with Gasteiger partial charge in [-0.05, 0) is 24.3 Å². The maximum atomic E-state index is 11.3. The number of carbonyl (C=O) groups excluding carboxylic acids is 1. The Morgan fingerprint density at radius 3 is 2.95 bits per heavy atom. The van der Waals surface area contributed by atoms with Crippen LogP contribution in [0.5, 0.6) is 5.75 Å². The first kappa shape index (κ1) is 13.5. The summed E-state index contributed by atoms with van der Waals surface area (Å²) in [6.07, 6.45) is 4.21. The molecule has 0 unspecified atom stereocenters. The number of methoxy groups -OCH3 is 1. The molecule has 0 fully saturated rings. The van der Waals surface area contributed by atoms with E-state index in [-0.39, 0.29) is 5.91 Å². The standard InChI is InChI=1S/C14H14N4O2/c1-3-13(19)17-10-5-4-6-11(7-10)18-14-12(20-2)8-15-9-16-14/h3-9H,1H2,2H3,(H,17,19)(H,15,16,18). The van der Waals surface area contributed by atoms with Gasteiger partial charge in [-0.2, -0.15) is 0 Å². The molecular formula is C14H14N4O2. The summed E-state index contributed by atoms with van der Waals surface area (Å²) in [7, 11) is 1.55. The van der Waals surface area contributed by atoms with Crippen LogP contribution >= 0.6 is 0 Å². The van der Waals surface area contributed by atoms with Gasteiger partial charge < -0.3 is 15.4 Å². The Hall–Kier alpha value is -2.89. The summed E-state index contributed by atoms with van der Waals surface area (Å²) < 4.78 is 5.16. The minimum absolute atomic E-state index is 0.262. The first-order valence-corrected chi connectivity index (χ1v) is 5.87. The van der Waals surface area contributed by atoms with Gasteiger partial charge in [-0.25, -0.2) is 9.97 Å². The first-order valence-electron chi connectivity index (χ1n) is 5.87. The number of nitrogens with one attached hydrogen (secondary N) is 2. The van der Waals surface area contributed by atoms with Gasteiger partial charge in [0.15, 0.2) is 11.6 Å². The van der Waals surface area contributed by atoms with E-state index in [0.29, 0.717) is 17.3 Å². The largest absolute Gasteiger partial charge is 0.491 e. The molecule has 0 aliphatic carbocycles. The lowest BCUT2D eigenvalue weighted by Gasteiger charge is -2.10. The first-order chi connectivity index (χ1) is 9.72. The van der Waals surface area contributed by atoms with Gasteiger partial charge in [0.1, 0.15) is 6.33 Å². The average Bonchev–Trinajstić information content (AvgIpc) is 2.48. The van der Waals surface area contributed by atoms with Crippen LogP contribution in [0.25, 0.3) is 0 Å². The Balaban J connectivity index is 2.19. The predicted octanol–water partition coefficient (Wildman–Crippen LogP) is 2.35. The number of amides is 1. The maximum absolute atomic E-state index is 11.3. The van der Waals surface area contributed by atoms with Gasteiger partial charge >= 0.3 is 0 Å². The Morgan fingerprint density at radius 1 is 1.40 bits per heavy atom. The predicted molar refractivity (Wildman–Crippen MR) is 77.1 cm³/mol. The third kappa shape index (κ3) is 3.32. The highest BCUT2D eigenvalue weighted by Gasteiger charge is 2.05. The van der Waals surface area contributed by atoms with Crippen LogP contribution in [-0.4, -0.2) is 23.0 Å². The summed E-state index contributed by atoms with van der Waals surface area (Å²) in [6.45, 7) is 3.41. The lowest BCUT2D eigenvalue weighted by Crippen LogP contribution is -2.07. The van der Waals surface area contributed by atoms with Crippen molar-refractivity contribution in [3.63, 3.8) is 0 Å². The number of anilines is 3. The monoisotopic (exact) mass is 270 g/mol. The zero-order valence-electron chi connectivity index (χ0n) is 11.0. The molecule has 1 aromatic heterocycles. The molecule has 0 bridgehead atoms. The van der Waals surface area contributed by atoms with Crippen LogP contribution in [0.3, 0.4) is 0 Å². The molecule has 2 rings (SSSR count). The van der Waals surface area contributed by atoms with Gasteiger partial charge in [0.05, 0.1) is 13.3 Å². The third-order valence-corrected chi connectivity index (χ3v) is 2.48. The lowest BCUT2D eigenvalue weighted by molar-refractivity contribution is -0.111. The van der Waals surface area contributed by atoms with E-state index >= 15 is 0 Å². The van der Waals surface area contributed by atoms with E-state index in [1.165, 1.54) is 12.4 Å². The average molecular weight is 270 g/mol. The zero-order chi connectivity index (χ0) is 14.4. The highest BCUT2D eigenvalue weighted by atomic mass is 16.5.